The van der Waals surface area contributed by atoms with E-state index in [4.69, 9.17) is 5.10 Å². The second kappa shape index (κ2) is 11.8. The molecule has 0 atom stereocenters. The summed E-state index contributed by atoms with van der Waals surface area (Å²) in [5, 5.41) is 10.9. The highest BCUT2D eigenvalue weighted by Crippen LogP contribution is 2.34. The fourth-order valence-electron chi connectivity index (χ4n) is 4.52. The molecule has 38 heavy (non-hydrogen) atoms. The maximum absolute atomic E-state index is 13.5. The van der Waals surface area contributed by atoms with E-state index in [1.807, 2.05) is 113 Å². The number of nitrogens with zero attached hydrogens (tertiary/aromatic N) is 3. The average Bonchev–Trinajstić information content (AvgIpc) is 3.23. The molecule has 0 bridgehead atoms. The van der Waals surface area contributed by atoms with Crippen molar-refractivity contribution in [1.29, 1.82) is 0 Å². The Bertz CT molecular complexity index is 1430. The fourth-order valence-corrected chi connectivity index (χ4v) is 4.52. The first-order chi connectivity index (χ1) is 18.3. The van der Waals surface area contributed by atoms with Gasteiger partial charge in [-0.1, -0.05) is 73.7 Å². The number of carbonyl (C=O) groups excluding carboxylic acids is 2. The molecule has 4 aromatic rings. The normalized spacial score (nSPS) is 10.9. The van der Waals surface area contributed by atoms with Gasteiger partial charge < -0.3 is 15.5 Å². The van der Waals surface area contributed by atoms with Crippen molar-refractivity contribution in [1.82, 2.24) is 14.7 Å². The molecular formula is C31H35N5O2. The van der Waals surface area contributed by atoms with Crippen molar-refractivity contribution in [2.45, 2.75) is 47.1 Å². The number of nitrogens with one attached hydrogen (secondary N) is 2. The van der Waals surface area contributed by atoms with Gasteiger partial charge in [-0.25, -0.2) is 9.48 Å². The zero-order chi connectivity index (χ0) is 27.2. The van der Waals surface area contributed by atoms with E-state index < -0.39 is 0 Å². The van der Waals surface area contributed by atoms with Crippen molar-refractivity contribution in [3.8, 4) is 16.8 Å². The summed E-state index contributed by atoms with van der Waals surface area (Å²) in [6.45, 7) is 9.68. The molecule has 7 nitrogen and oxygen atoms in total. The second-order valence-corrected chi connectivity index (χ2v) is 9.58. The molecule has 3 amide bonds. The topological polar surface area (TPSA) is 79.3 Å². The van der Waals surface area contributed by atoms with Gasteiger partial charge >= 0.3 is 6.03 Å². The van der Waals surface area contributed by atoms with E-state index in [1.165, 1.54) is 4.90 Å². The van der Waals surface area contributed by atoms with E-state index in [1.54, 1.807) is 4.68 Å². The number of aromatic nitrogens is 2. The van der Waals surface area contributed by atoms with Gasteiger partial charge in [0.05, 0.1) is 11.4 Å². The van der Waals surface area contributed by atoms with Gasteiger partial charge in [0.15, 0.2) is 0 Å². The monoisotopic (exact) mass is 509 g/mol. The molecule has 0 aliphatic heterocycles. The minimum absolute atomic E-state index is 0.107. The molecule has 1 heterocycles. The molecule has 0 radical (unpaired) electrons. The maximum atomic E-state index is 13.5. The Hall–Kier alpha value is -4.39. The number of anilines is 2. The lowest BCUT2D eigenvalue weighted by Gasteiger charge is -2.27. The van der Waals surface area contributed by atoms with Crippen LogP contribution in [0.3, 0.4) is 0 Å². The number of rotatable bonds is 8. The highest BCUT2D eigenvalue weighted by atomic mass is 16.2. The van der Waals surface area contributed by atoms with Crippen LogP contribution >= 0.6 is 0 Å². The van der Waals surface area contributed by atoms with Crippen LogP contribution in [-0.4, -0.2) is 39.2 Å². The Morgan fingerprint density at radius 1 is 0.895 bits per heavy atom. The number of hydrogen-bond acceptors (Lipinski definition) is 3. The van der Waals surface area contributed by atoms with E-state index in [-0.39, 0.29) is 24.5 Å². The summed E-state index contributed by atoms with van der Waals surface area (Å²) in [6.07, 6.45) is 0.795. The quantitative estimate of drug-likeness (QED) is 0.281. The van der Waals surface area contributed by atoms with E-state index in [0.717, 1.165) is 45.7 Å². The van der Waals surface area contributed by atoms with Gasteiger partial charge in [0.25, 0.3) is 0 Å². The third-order valence-electron chi connectivity index (χ3n) is 6.56. The van der Waals surface area contributed by atoms with Crippen molar-refractivity contribution in [3.63, 3.8) is 0 Å². The first kappa shape index (κ1) is 26.7. The molecule has 0 aliphatic rings. The highest BCUT2D eigenvalue weighted by Gasteiger charge is 2.25. The molecule has 1 aromatic heterocycles. The third-order valence-corrected chi connectivity index (χ3v) is 6.56. The molecule has 2 N–H and O–H groups in total. The summed E-state index contributed by atoms with van der Waals surface area (Å²) in [7, 11) is 0. The van der Waals surface area contributed by atoms with Crippen LogP contribution in [0.4, 0.5) is 16.3 Å². The predicted octanol–water partition coefficient (Wildman–Crippen LogP) is 6.60. The first-order valence-corrected chi connectivity index (χ1v) is 13.0. The summed E-state index contributed by atoms with van der Waals surface area (Å²) in [4.78, 5) is 28.3. The van der Waals surface area contributed by atoms with Gasteiger partial charge in [0, 0.05) is 17.3 Å². The van der Waals surface area contributed by atoms with Crippen LogP contribution in [0.25, 0.3) is 16.8 Å². The van der Waals surface area contributed by atoms with E-state index >= 15 is 0 Å². The van der Waals surface area contributed by atoms with Gasteiger partial charge in [0.1, 0.15) is 12.4 Å². The first-order valence-electron chi connectivity index (χ1n) is 13.0. The molecule has 196 valence electrons. The van der Waals surface area contributed by atoms with Crippen LogP contribution in [0.2, 0.25) is 0 Å². The Labute approximate surface area is 224 Å². The average molecular weight is 510 g/mol. The SMILES string of the molecule is CCc1ccccc1NC(=O)N(CC(=O)Nc1c(-c2ccccc2)c(C)nn1-c1ccccc1C)C(C)C. The summed E-state index contributed by atoms with van der Waals surface area (Å²) in [5.41, 5.74) is 6.30. The Morgan fingerprint density at radius 2 is 1.55 bits per heavy atom. The van der Waals surface area contributed by atoms with Crippen LogP contribution in [-0.2, 0) is 11.2 Å². The van der Waals surface area contributed by atoms with Crippen LogP contribution < -0.4 is 10.6 Å². The number of aryl methyl sites for hydroxylation is 3. The standard InChI is InChI=1S/C31H35N5O2/c1-6-24-15-11-12-18-26(24)32-31(38)35(21(2)3)20-28(37)33-30-29(25-16-8-7-9-17-25)23(5)34-36(30)27-19-13-10-14-22(27)4/h7-19,21H,6,20H2,1-5H3,(H,32,38)(H,33,37). The van der Waals surface area contributed by atoms with E-state index in [9.17, 15) is 9.59 Å². The molecule has 0 aliphatic carbocycles. The van der Waals surface area contributed by atoms with Crippen molar-refractivity contribution in [3.05, 3.63) is 95.7 Å². The molecule has 0 saturated heterocycles. The Balaban J connectivity index is 1.65. The lowest BCUT2D eigenvalue weighted by Crippen LogP contribution is -2.44. The smallest absolute Gasteiger partial charge is 0.313 e. The zero-order valence-corrected chi connectivity index (χ0v) is 22.7. The van der Waals surface area contributed by atoms with Gasteiger partial charge in [-0.15, -0.1) is 0 Å². The van der Waals surface area contributed by atoms with Crippen molar-refractivity contribution >= 4 is 23.4 Å². The molecule has 0 fully saturated rings. The van der Waals surface area contributed by atoms with Crippen LogP contribution in [0.15, 0.2) is 78.9 Å². The van der Waals surface area contributed by atoms with Gasteiger partial charge in [-0.05, 0) is 62.9 Å². The van der Waals surface area contributed by atoms with E-state index in [0.29, 0.717) is 5.82 Å². The summed E-state index contributed by atoms with van der Waals surface area (Å²) in [5.74, 6) is 0.276. The summed E-state index contributed by atoms with van der Waals surface area (Å²) >= 11 is 0. The molecule has 0 unspecified atom stereocenters. The zero-order valence-electron chi connectivity index (χ0n) is 22.7. The Kier molecular flexibility index (Phi) is 8.26. The van der Waals surface area contributed by atoms with Crippen LogP contribution in [0, 0.1) is 13.8 Å². The molecule has 7 heteroatoms. The summed E-state index contributed by atoms with van der Waals surface area (Å²) in [6, 6.07) is 25.0. The van der Waals surface area contributed by atoms with Crippen LogP contribution in [0.1, 0.15) is 37.6 Å². The lowest BCUT2D eigenvalue weighted by atomic mass is 10.1. The third kappa shape index (κ3) is 5.78. The summed E-state index contributed by atoms with van der Waals surface area (Å²) < 4.78 is 1.78. The molecule has 0 saturated carbocycles. The minimum Gasteiger partial charge on any atom is -0.313 e. The van der Waals surface area contributed by atoms with Crippen molar-refractivity contribution in [2.75, 3.05) is 17.2 Å². The number of hydrogen-bond donors (Lipinski definition) is 2. The van der Waals surface area contributed by atoms with Crippen molar-refractivity contribution < 1.29 is 9.59 Å². The minimum atomic E-state index is -0.317. The number of urea groups is 1. The predicted molar refractivity (Wildman–Crippen MR) is 154 cm³/mol. The number of benzene rings is 3. The Morgan fingerprint density at radius 3 is 2.24 bits per heavy atom. The molecular weight excluding hydrogens is 474 g/mol. The van der Waals surface area contributed by atoms with E-state index in [2.05, 4.69) is 10.6 Å². The van der Waals surface area contributed by atoms with Gasteiger partial charge in [0.2, 0.25) is 5.91 Å². The fraction of sp³-hybridized carbons (Fsp3) is 0.258. The lowest BCUT2D eigenvalue weighted by molar-refractivity contribution is -0.117. The number of amides is 3. The van der Waals surface area contributed by atoms with Crippen molar-refractivity contribution in [2.24, 2.45) is 0 Å². The van der Waals surface area contributed by atoms with Gasteiger partial charge in [-0.3, -0.25) is 4.79 Å². The van der Waals surface area contributed by atoms with Crippen LogP contribution in [0.5, 0.6) is 0 Å². The second-order valence-electron chi connectivity index (χ2n) is 9.58. The highest BCUT2D eigenvalue weighted by molar-refractivity contribution is 5.99. The molecule has 3 aromatic carbocycles. The number of carbonyl (C=O) groups is 2. The van der Waals surface area contributed by atoms with Gasteiger partial charge in [-0.2, -0.15) is 5.10 Å². The largest absolute Gasteiger partial charge is 0.322 e. The number of para-hydroxylation sites is 2. The maximum Gasteiger partial charge on any atom is 0.322 e. The molecule has 4 rings (SSSR count). The molecule has 0 spiro atoms.